The summed E-state index contributed by atoms with van der Waals surface area (Å²) in [7, 11) is 0. The van der Waals surface area contributed by atoms with E-state index in [1.54, 1.807) is 49.1 Å². The van der Waals surface area contributed by atoms with Crippen LogP contribution in [0.3, 0.4) is 0 Å². The van der Waals surface area contributed by atoms with Gasteiger partial charge in [-0.1, -0.05) is 59.4 Å². The summed E-state index contributed by atoms with van der Waals surface area (Å²) in [6, 6.07) is 22.0. The van der Waals surface area contributed by atoms with Crippen LogP contribution in [0.4, 0.5) is 0 Å². The fraction of sp³-hybridized carbons (Fsp3) is 0.300. The van der Waals surface area contributed by atoms with Crippen LogP contribution < -0.4 is 0 Å². The van der Waals surface area contributed by atoms with Crippen molar-refractivity contribution in [1.82, 2.24) is 0 Å². The Balaban J connectivity index is 0.000000338. The minimum absolute atomic E-state index is 0. The van der Waals surface area contributed by atoms with E-state index in [0.717, 1.165) is 59.1 Å². The van der Waals surface area contributed by atoms with Gasteiger partial charge in [-0.3, -0.25) is 20.0 Å². The molecule has 4 N–H and O–H groups in total. The molecule has 1 aliphatic carbocycles. The standard InChI is InChI=1S/C22H26N2O2.C18H20N2O2.2Cu/c1-15-7-9-21(25)17(11-15)13-23-19-5-3-4-6-20(19)24-14-18-12-16(2)8-10-22(18)26;1-13-3-5-17(21)15(9-13)11-19-7-8-20-12-16-10-14(2)4-6-18(16)22;;/h7-14,19-20,25-26H,3-6H2,1-2H3;3-6,9-12,21-22H,7-8H2,1-2H3;;. The minimum Gasteiger partial charge on any atom is -0.507 e. The van der Waals surface area contributed by atoms with Gasteiger partial charge in [0.2, 0.25) is 0 Å². The number of aromatic hydroxyl groups is 4. The third-order valence-electron chi connectivity index (χ3n) is 8.06. The van der Waals surface area contributed by atoms with Gasteiger partial charge >= 0.3 is 0 Å². The molecular formula is C40H46Cu2N4O4. The molecule has 50 heavy (non-hydrogen) atoms. The van der Waals surface area contributed by atoms with Crippen molar-refractivity contribution < 1.29 is 54.6 Å². The predicted octanol–water partition coefficient (Wildman–Crippen LogP) is 7.81. The van der Waals surface area contributed by atoms with E-state index in [-0.39, 0.29) is 69.2 Å². The van der Waals surface area contributed by atoms with Crippen LogP contribution in [-0.4, -0.2) is 70.5 Å². The molecular weight excluding hydrogens is 728 g/mol. The van der Waals surface area contributed by atoms with Crippen LogP contribution in [0, 0.1) is 27.7 Å². The normalized spacial score (nSPS) is 15.9. The molecule has 0 amide bonds. The van der Waals surface area contributed by atoms with E-state index in [1.165, 1.54) is 0 Å². The summed E-state index contributed by atoms with van der Waals surface area (Å²) in [6.45, 7) is 8.98. The maximum atomic E-state index is 9.99. The Morgan fingerprint density at radius 2 is 0.760 bits per heavy atom. The van der Waals surface area contributed by atoms with E-state index in [1.807, 2.05) is 76.2 Å². The van der Waals surface area contributed by atoms with Gasteiger partial charge in [0.05, 0.1) is 25.2 Å². The average Bonchev–Trinajstić information content (AvgIpc) is 3.07. The second-order valence-corrected chi connectivity index (χ2v) is 12.3. The SMILES string of the molecule is Cc1ccc(O)c(C=NC2CCCCC2N=Cc2cc(C)ccc2O)c1.Cc1ccc(O)c(C=NCCN=Cc2cc(C)ccc2O)c1.[Cu].[Cu]. The van der Waals surface area contributed by atoms with Gasteiger partial charge in [0.1, 0.15) is 23.0 Å². The quantitative estimate of drug-likeness (QED) is 0.0786. The molecule has 8 nitrogen and oxygen atoms in total. The van der Waals surface area contributed by atoms with E-state index in [0.29, 0.717) is 24.2 Å². The van der Waals surface area contributed by atoms with Crippen molar-refractivity contribution in [2.24, 2.45) is 20.0 Å². The topological polar surface area (TPSA) is 130 Å². The summed E-state index contributed by atoms with van der Waals surface area (Å²) < 4.78 is 0. The van der Waals surface area contributed by atoms with Crippen molar-refractivity contribution in [2.75, 3.05) is 13.1 Å². The molecule has 4 aromatic rings. The molecule has 0 spiro atoms. The van der Waals surface area contributed by atoms with Gasteiger partial charge in [-0.25, -0.2) is 0 Å². The van der Waals surface area contributed by atoms with Crippen LogP contribution in [0.5, 0.6) is 23.0 Å². The molecule has 1 saturated carbocycles. The van der Waals surface area contributed by atoms with Crippen molar-refractivity contribution >= 4 is 24.9 Å². The number of aryl methyl sites for hydroxylation is 4. The monoisotopic (exact) mass is 772 g/mol. The van der Waals surface area contributed by atoms with Gasteiger partial charge < -0.3 is 20.4 Å². The molecule has 5 rings (SSSR count). The summed E-state index contributed by atoms with van der Waals surface area (Å²) in [4.78, 5) is 18.0. The van der Waals surface area contributed by atoms with E-state index in [4.69, 9.17) is 9.98 Å². The molecule has 1 fully saturated rings. The van der Waals surface area contributed by atoms with Crippen LogP contribution in [0.25, 0.3) is 0 Å². The molecule has 272 valence electrons. The number of hydrogen-bond donors (Lipinski definition) is 4. The molecule has 0 bridgehead atoms. The van der Waals surface area contributed by atoms with Crippen molar-refractivity contribution in [3.8, 4) is 23.0 Å². The maximum Gasteiger partial charge on any atom is 0.124 e. The third kappa shape index (κ3) is 13.3. The third-order valence-corrected chi connectivity index (χ3v) is 8.06. The van der Waals surface area contributed by atoms with Crippen LogP contribution in [0.1, 0.15) is 70.2 Å². The second kappa shape index (κ2) is 21.1. The zero-order chi connectivity index (χ0) is 34.5. The van der Waals surface area contributed by atoms with Crippen LogP contribution in [0.2, 0.25) is 0 Å². The van der Waals surface area contributed by atoms with E-state index in [2.05, 4.69) is 9.98 Å². The van der Waals surface area contributed by atoms with E-state index < -0.39 is 0 Å². The van der Waals surface area contributed by atoms with Gasteiger partial charge in [-0.2, -0.15) is 0 Å². The smallest absolute Gasteiger partial charge is 0.124 e. The number of phenols is 4. The molecule has 4 aromatic carbocycles. The van der Waals surface area contributed by atoms with Crippen LogP contribution in [-0.2, 0) is 34.1 Å². The van der Waals surface area contributed by atoms with Gasteiger partial charge in [-0.05, 0) is 89.1 Å². The van der Waals surface area contributed by atoms with E-state index in [9.17, 15) is 20.4 Å². The largest absolute Gasteiger partial charge is 0.507 e. The van der Waals surface area contributed by atoms with Crippen molar-refractivity contribution in [1.29, 1.82) is 0 Å². The van der Waals surface area contributed by atoms with Crippen LogP contribution >= 0.6 is 0 Å². The van der Waals surface area contributed by atoms with Crippen molar-refractivity contribution in [2.45, 2.75) is 65.5 Å². The molecule has 0 saturated heterocycles. The first-order valence-electron chi connectivity index (χ1n) is 16.3. The number of nitrogens with zero attached hydrogens (tertiary/aromatic N) is 4. The van der Waals surface area contributed by atoms with Crippen LogP contribution in [0.15, 0.2) is 92.8 Å². The molecule has 0 aliphatic heterocycles. The Morgan fingerprint density at radius 1 is 0.480 bits per heavy atom. The molecule has 2 unspecified atom stereocenters. The zero-order valence-electron chi connectivity index (χ0n) is 28.8. The van der Waals surface area contributed by atoms with Gasteiger partial charge in [0.25, 0.3) is 0 Å². The first-order chi connectivity index (χ1) is 23.1. The van der Waals surface area contributed by atoms with Gasteiger partial charge in [0, 0.05) is 81.2 Å². The molecule has 2 atom stereocenters. The summed E-state index contributed by atoms with van der Waals surface area (Å²) >= 11 is 0. The first-order valence-corrected chi connectivity index (χ1v) is 16.3. The van der Waals surface area contributed by atoms with Crippen molar-refractivity contribution in [3.63, 3.8) is 0 Å². The Labute approximate surface area is 316 Å². The number of aliphatic imine (C=N–C) groups is 4. The summed E-state index contributed by atoms with van der Waals surface area (Å²) in [5.74, 6) is 0.949. The zero-order valence-corrected chi connectivity index (χ0v) is 30.7. The molecule has 10 heteroatoms. The minimum atomic E-state index is 0. The molecule has 0 aromatic heterocycles. The Bertz CT molecular complexity index is 1680. The number of hydrogen-bond acceptors (Lipinski definition) is 8. The molecule has 2 radical (unpaired) electrons. The predicted molar refractivity (Wildman–Crippen MR) is 198 cm³/mol. The summed E-state index contributed by atoms with van der Waals surface area (Å²) in [5, 5.41) is 39.4. The van der Waals surface area contributed by atoms with Gasteiger partial charge in [0.15, 0.2) is 0 Å². The Morgan fingerprint density at radius 3 is 1.06 bits per heavy atom. The number of benzene rings is 4. The summed E-state index contributed by atoms with van der Waals surface area (Å²) in [5.41, 5.74) is 7.25. The molecule has 0 heterocycles. The molecule has 1 aliphatic rings. The van der Waals surface area contributed by atoms with Crippen molar-refractivity contribution in [3.05, 3.63) is 117 Å². The number of phenolic OH excluding ortho intramolecular Hbond substituents is 4. The number of rotatable bonds is 9. The first kappa shape index (κ1) is 42.0. The van der Waals surface area contributed by atoms with E-state index >= 15 is 0 Å². The maximum absolute atomic E-state index is 9.99. The average molecular weight is 774 g/mol. The Kier molecular flexibility index (Phi) is 17.7. The second-order valence-electron chi connectivity index (χ2n) is 12.3. The Hall–Kier alpha value is -4.20. The fourth-order valence-corrected chi connectivity index (χ4v) is 5.34. The fourth-order valence-electron chi connectivity index (χ4n) is 5.34. The van der Waals surface area contributed by atoms with Gasteiger partial charge in [-0.15, -0.1) is 0 Å². The summed E-state index contributed by atoms with van der Waals surface area (Å²) in [6.07, 6.45) is 11.1.